The van der Waals surface area contributed by atoms with Crippen molar-refractivity contribution in [1.29, 1.82) is 5.26 Å². The molecule has 0 aliphatic heterocycles. The topological polar surface area (TPSA) is 59.3 Å². The fraction of sp³-hybridized carbons (Fsp3) is 0.429. The summed E-state index contributed by atoms with van der Waals surface area (Å²) >= 11 is 0. The van der Waals surface area contributed by atoms with E-state index in [0.717, 1.165) is 6.08 Å². The molecule has 0 unspecified atom stereocenters. The largest absolute Gasteiger partial charge is 0.462 e. The van der Waals surface area contributed by atoms with Crippen LogP contribution in [0.25, 0.3) is 0 Å². The number of esters is 1. The summed E-state index contributed by atoms with van der Waals surface area (Å²) < 4.78 is 8.93. The Morgan fingerprint density at radius 3 is 2.91 bits per heavy atom. The number of nitriles is 1. The van der Waals surface area contributed by atoms with E-state index in [9.17, 15) is 4.79 Å². The van der Waals surface area contributed by atoms with Crippen molar-refractivity contribution in [2.24, 2.45) is 0 Å². The Bertz CT molecular complexity index is 171. The van der Waals surface area contributed by atoms with E-state index in [1.54, 1.807) is 0 Å². The summed E-state index contributed by atoms with van der Waals surface area (Å²) in [6.45, 7) is 3.75. The molecule has 0 aliphatic rings. The lowest BCUT2D eigenvalue weighted by Crippen LogP contribution is -2.03. The van der Waals surface area contributed by atoms with Gasteiger partial charge in [-0.25, -0.2) is 4.79 Å². The van der Waals surface area contributed by atoms with Crippen molar-refractivity contribution in [3.63, 3.8) is 0 Å². The second-order valence-electron chi connectivity index (χ2n) is 1.66. The zero-order valence-electron chi connectivity index (χ0n) is 6.08. The van der Waals surface area contributed by atoms with E-state index in [-0.39, 0.29) is 13.2 Å². The monoisotopic (exact) mass is 155 g/mol. The van der Waals surface area contributed by atoms with Gasteiger partial charge in [-0.3, -0.25) is 0 Å². The van der Waals surface area contributed by atoms with Gasteiger partial charge in [-0.2, -0.15) is 5.26 Å². The number of nitrogens with zero attached hydrogens (tertiary/aromatic N) is 1. The van der Waals surface area contributed by atoms with Crippen molar-refractivity contribution in [2.75, 3.05) is 13.2 Å². The van der Waals surface area contributed by atoms with Gasteiger partial charge in [0.15, 0.2) is 0 Å². The fourth-order valence-electron chi connectivity index (χ4n) is 0.408. The summed E-state index contributed by atoms with van der Waals surface area (Å²) in [6.07, 6.45) is 3.12. The molecule has 4 nitrogen and oxygen atoms in total. The van der Waals surface area contributed by atoms with Crippen LogP contribution in [-0.2, 0) is 14.3 Å². The molecule has 0 amide bonds. The molecular formula is C7H9NO3. The molecule has 0 radical (unpaired) electrons. The Labute approximate surface area is 65.0 Å². The van der Waals surface area contributed by atoms with E-state index < -0.39 is 5.97 Å². The molecular weight excluding hydrogens is 146 g/mol. The predicted molar refractivity (Wildman–Crippen MR) is 37.3 cm³/mol. The van der Waals surface area contributed by atoms with Crippen LogP contribution < -0.4 is 0 Å². The number of ether oxygens (including phenoxy) is 2. The molecule has 11 heavy (non-hydrogen) atoms. The van der Waals surface area contributed by atoms with Crippen LogP contribution in [0.3, 0.4) is 0 Å². The lowest BCUT2D eigenvalue weighted by atomic mass is 10.5. The second kappa shape index (κ2) is 6.62. The second-order valence-corrected chi connectivity index (χ2v) is 1.66. The molecule has 0 aromatic heterocycles. The Kier molecular flexibility index (Phi) is 5.72. The molecule has 0 saturated heterocycles. The van der Waals surface area contributed by atoms with Crippen molar-refractivity contribution in [1.82, 2.24) is 0 Å². The average molecular weight is 155 g/mol. The van der Waals surface area contributed by atoms with Gasteiger partial charge in [-0.15, -0.1) is 0 Å². The Morgan fingerprint density at radius 1 is 1.64 bits per heavy atom. The quantitative estimate of drug-likeness (QED) is 0.252. The van der Waals surface area contributed by atoms with Crippen molar-refractivity contribution in [3.8, 4) is 6.26 Å². The minimum absolute atomic E-state index is 0.256. The molecule has 0 rings (SSSR count). The minimum Gasteiger partial charge on any atom is -0.462 e. The summed E-state index contributed by atoms with van der Waals surface area (Å²) in [5.74, 6) is -0.457. The summed E-state index contributed by atoms with van der Waals surface area (Å²) in [6, 6.07) is 0. The standard InChI is InChI=1S/C7H9NO3/c1-2-7(9)11-5-3-4-10-6-8/h2H,1,3-5H2. The summed E-state index contributed by atoms with van der Waals surface area (Å²) in [5, 5.41) is 7.92. The van der Waals surface area contributed by atoms with Crippen molar-refractivity contribution in [2.45, 2.75) is 6.42 Å². The van der Waals surface area contributed by atoms with Crippen molar-refractivity contribution < 1.29 is 14.3 Å². The van der Waals surface area contributed by atoms with Crippen LogP contribution in [-0.4, -0.2) is 19.2 Å². The Balaban J connectivity index is 3.09. The van der Waals surface area contributed by atoms with Crippen LogP contribution in [0.2, 0.25) is 0 Å². The van der Waals surface area contributed by atoms with Crippen LogP contribution in [0.1, 0.15) is 6.42 Å². The molecule has 0 aromatic carbocycles. The molecule has 0 N–H and O–H groups in total. The molecule has 0 aliphatic carbocycles. The van der Waals surface area contributed by atoms with Gasteiger partial charge in [0.2, 0.25) is 0 Å². The van der Waals surface area contributed by atoms with E-state index in [1.807, 2.05) is 0 Å². The Morgan fingerprint density at radius 2 is 2.36 bits per heavy atom. The summed E-state index contributed by atoms with van der Waals surface area (Å²) in [4.78, 5) is 10.4. The third-order valence-corrected chi connectivity index (χ3v) is 0.866. The number of carbonyl (C=O) groups is 1. The van der Waals surface area contributed by atoms with Crippen LogP contribution in [0, 0.1) is 11.5 Å². The van der Waals surface area contributed by atoms with E-state index in [4.69, 9.17) is 5.26 Å². The maximum Gasteiger partial charge on any atom is 0.330 e. The van der Waals surface area contributed by atoms with Gasteiger partial charge >= 0.3 is 5.97 Å². The summed E-state index contributed by atoms with van der Waals surface area (Å²) in [5.41, 5.74) is 0. The van der Waals surface area contributed by atoms with Crippen molar-refractivity contribution in [3.05, 3.63) is 12.7 Å². The first kappa shape index (κ1) is 9.50. The first-order valence-electron chi connectivity index (χ1n) is 3.11. The van der Waals surface area contributed by atoms with Gasteiger partial charge in [-0.05, 0) is 0 Å². The lowest BCUT2D eigenvalue weighted by molar-refractivity contribution is -0.137. The summed E-state index contributed by atoms with van der Waals surface area (Å²) in [7, 11) is 0. The smallest absolute Gasteiger partial charge is 0.330 e. The van der Waals surface area contributed by atoms with E-state index in [1.165, 1.54) is 6.26 Å². The van der Waals surface area contributed by atoms with Gasteiger partial charge in [0.25, 0.3) is 6.26 Å². The molecule has 0 fully saturated rings. The third-order valence-electron chi connectivity index (χ3n) is 0.866. The Hall–Kier alpha value is -1.50. The van der Waals surface area contributed by atoms with Crippen LogP contribution >= 0.6 is 0 Å². The highest BCUT2D eigenvalue weighted by molar-refractivity contribution is 5.81. The zero-order valence-corrected chi connectivity index (χ0v) is 6.08. The van der Waals surface area contributed by atoms with Crippen LogP contribution in [0.5, 0.6) is 0 Å². The molecule has 0 spiro atoms. The SMILES string of the molecule is C=CC(=O)OCCCOC#N. The molecule has 0 aromatic rings. The molecule has 0 bridgehead atoms. The molecule has 4 heteroatoms. The number of hydrogen-bond acceptors (Lipinski definition) is 4. The van der Waals surface area contributed by atoms with Gasteiger partial charge in [0.05, 0.1) is 6.61 Å². The highest BCUT2D eigenvalue weighted by Gasteiger charge is 1.93. The lowest BCUT2D eigenvalue weighted by Gasteiger charge is -1.98. The number of carbonyl (C=O) groups excluding carboxylic acids is 1. The molecule has 0 saturated carbocycles. The molecule has 0 heterocycles. The third kappa shape index (κ3) is 6.38. The van der Waals surface area contributed by atoms with E-state index in [0.29, 0.717) is 6.42 Å². The zero-order chi connectivity index (χ0) is 8.53. The molecule has 60 valence electrons. The van der Waals surface area contributed by atoms with Gasteiger partial charge in [0, 0.05) is 12.5 Å². The first-order chi connectivity index (χ1) is 5.31. The highest BCUT2D eigenvalue weighted by Crippen LogP contribution is 1.85. The predicted octanol–water partition coefficient (Wildman–Crippen LogP) is 0.603. The normalized spacial score (nSPS) is 7.91. The maximum absolute atomic E-state index is 10.4. The highest BCUT2D eigenvalue weighted by atomic mass is 16.5. The number of hydrogen-bond donors (Lipinski definition) is 0. The fourth-order valence-corrected chi connectivity index (χ4v) is 0.408. The van der Waals surface area contributed by atoms with Gasteiger partial charge in [0.1, 0.15) is 6.61 Å². The average Bonchev–Trinajstić information content (AvgIpc) is 2.04. The van der Waals surface area contributed by atoms with E-state index in [2.05, 4.69) is 16.1 Å². The van der Waals surface area contributed by atoms with Crippen LogP contribution in [0.4, 0.5) is 0 Å². The number of rotatable bonds is 5. The van der Waals surface area contributed by atoms with Crippen LogP contribution in [0.15, 0.2) is 12.7 Å². The minimum atomic E-state index is -0.457. The van der Waals surface area contributed by atoms with E-state index >= 15 is 0 Å². The van der Waals surface area contributed by atoms with Gasteiger partial charge < -0.3 is 9.47 Å². The first-order valence-corrected chi connectivity index (χ1v) is 3.11. The van der Waals surface area contributed by atoms with Crippen molar-refractivity contribution >= 4 is 5.97 Å². The van der Waals surface area contributed by atoms with Gasteiger partial charge in [-0.1, -0.05) is 6.58 Å². The maximum atomic E-state index is 10.4. The molecule has 0 atom stereocenters.